The highest BCUT2D eigenvalue weighted by atomic mass is 19.1. The van der Waals surface area contributed by atoms with E-state index in [0.29, 0.717) is 25.1 Å². The van der Waals surface area contributed by atoms with Crippen LogP contribution in [0.2, 0.25) is 0 Å². The van der Waals surface area contributed by atoms with E-state index in [1.54, 1.807) is 35.2 Å². The molecule has 0 saturated carbocycles. The van der Waals surface area contributed by atoms with Gasteiger partial charge < -0.3 is 10.2 Å². The summed E-state index contributed by atoms with van der Waals surface area (Å²) >= 11 is 0. The summed E-state index contributed by atoms with van der Waals surface area (Å²) in [7, 11) is 0. The lowest BCUT2D eigenvalue weighted by Crippen LogP contribution is -2.41. The molecule has 1 heterocycles. The molecule has 7 heteroatoms. The minimum Gasteiger partial charge on any atom is -0.340 e. The van der Waals surface area contributed by atoms with Gasteiger partial charge in [0, 0.05) is 18.7 Å². The molecule has 1 aliphatic heterocycles. The standard InChI is InChI=1S/C20H15FN4O2/c21-17-6-5-15(9-16(17)11-23)19(26)24-18-7-8-25(20(18)27)12-14-3-1-13(10-22)2-4-14/h1-6,9,18H,7-8,12H2,(H,24,26)/t18-/m1/s1. The van der Waals surface area contributed by atoms with Gasteiger partial charge in [-0.1, -0.05) is 12.1 Å². The topological polar surface area (TPSA) is 97.0 Å². The molecular weight excluding hydrogens is 347 g/mol. The van der Waals surface area contributed by atoms with E-state index in [2.05, 4.69) is 5.32 Å². The number of carbonyl (C=O) groups excluding carboxylic acids is 2. The first-order valence-corrected chi connectivity index (χ1v) is 8.30. The zero-order valence-corrected chi connectivity index (χ0v) is 14.3. The summed E-state index contributed by atoms with van der Waals surface area (Å²) in [5, 5.41) is 20.3. The summed E-state index contributed by atoms with van der Waals surface area (Å²) in [5.74, 6) is -1.42. The minimum atomic E-state index is -0.695. The largest absolute Gasteiger partial charge is 0.340 e. The molecule has 134 valence electrons. The molecule has 1 saturated heterocycles. The molecule has 0 bridgehead atoms. The first-order valence-electron chi connectivity index (χ1n) is 8.30. The van der Waals surface area contributed by atoms with Crippen LogP contribution in [0.25, 0.3) is 0 Å². The lowest BCUT2D eigenvalue weighted by molar-refractivity contribution is -0.129. The number of halogens is 1. The molecule has 1 fully saturated rings. The fraction of sp³-hybridized carbons (Fsp3) is 0.200. The zero-order chi connectivity index (χ0) is 19.4. The number of amides is 2. The molecule has 27 heavy (non-hydrogen) atoms. The van der Waals surface area contributed by atoms with Crippen molar-refractivity contribution in [1.82, 2.24) is 10.2 Å². The Labute approximate surface area is 155 Å². The van der Waals surface area contributed by atoms with Gasteiger partial charge in [0.05, 0.1) is 17.2 Å². The number of carbonyl (C=O) groups is 2. The summed E-state index contributed by atoms with van der Waals surface area (Å²) in [5.41, 5.74) is 1.35. The van der Waals surface area contributed by atoms with Crippen molar-refractivity contribution in [3.8, 4) is 12.1 Å². The second-order valence-corrected chi connectivity index (χ2v) is 6.19. The van der Waals surface area contributed by atoms with E-state index in [4.69, 9.17) is 10.5 Å². The maximum Gasteiger partial charge on any atom is 0.251 e. The summed E-state index contributed by atoms with van der Waals surface area (Å²) < 4.78 is 13.4. The number of nitrogens with zero attached hydrogens (tertiary/aromatic N) is 3. The van der Waals surface area contributed by atoms with Crippen molar-refractivity contribution >= 4 is 11.8 Å². The fourth-order valence-electron chi connectivity index (χ4n) is 2.93. The molecular formula is C20H15FN4O2. The van der Waals surface area contributed by atoms with Gasteiger partial charge in [0.25, 0.3) is 5.91 Å². The second-order valence-electron chi connectivity index (χ2n) is 6.19. The molecule has 1 aliphatic rings. The molecule has 0 spiro atoms. The van der Waals surface area contributed by atoms with Crippen LogP contribution >= 0.6 is 0 Å². The van der Waals surface area contributed by atoms with E-state index < -0.39 is 17.8 Å². The fourth-order valence-corrected chi connectivity index (χ4v) is 2.93. The van der Waals surface area contributed by atoms with Gasteiger partial charge in [-0.3, -0.25) is 9.59 Å². The first-order chi connectivity index (χ1) is 13.0. The molecule has 3 rings (SSSR count). The van der Waals surface area contributed by atoms with Gasteiger partial charge >= 0.3 is 0 Å². The molecule has 6 nitrogen and oxygen atoms in total. The Morgan fingerprint density at radius 3 is 2.59 bits per heavy atom. The summed E-state index contributed by atoms with van der Waals surface area (Å²) in [4.78, 5) is 26.5. The van der Waals surface area contributed by atoms with E-state index in [9.17, 15) is 14.0 Å². The van der Waals surface area contributed by atoms with Gasteiger partial charge in [-0.15, -0.1) is 0 Å². The molecule has 0 unspecified atom stereocenters. The smallest absolute Gasteiger partial charge is 0.251 e. The van der Waals surface area contributed by atoms with Gasteiger partial charge in [0.1, 0.15) is 17.9 Å². The number of nitrogens with one attached hydrogen (secondary N) is 1. The van der Waals surface area contributed by atoms with Gasteiger partial charge in [-0.2, -0.15) is 10.5 Å². The number of benzene rings is 2. The number of nitriles is 2. The Kier molecular flexibility index (Phi) is 5.14. The Bertz CT molecular complexity index is 973. The second kappa shape index (κ2) is 7.67. The quantitative estimate of drug-likeness (QED) is 0.901. The molecule has 0 aliphatic carbocycles. The van der Waals surface area contributed by atoms with E-state index in [-0.39, 0.29) is 17.0 Å². The molecule has 0 aromatic heterocycles. The van der Waals surface area contributed by atoms with Crippen LogP contribution in [-0.2, 0) is 11.3 Å². The van der Waals surface area contributed by atoms with Crippen molar-refractivity contribution in [2.24, 2.45) is 0 Å². The van der Waals surface area contributed by atoms with Crippen molar-refractivity contribution in [1.29, 1.82) is 10.5 Å². The van der Waals surface area contributed by atoms with Crippen LogP contribution in [-0.4, -0.2) is 29.3 Å². The summed E-state index contributed by atoms with van der Waals surface area (Å²) in [6, 6.07) is 13.5. The van der Waals surface area contributed by atoms with E-state index >= 15 is 0 Å². The highest BCUT2D eigenvalue weighted by molar-refractivity contribution is 5.98. The number of hydrogen-bond acceptors (Lipinski definition) is 4. The predicted molar refractivity (Wildman–Crippen MR) is 93.6 cm³/mol. The number of likely N-dealkylation sites (tertiary alicyclic amines) is 1. The number of hydrogen-bond donors (Lipinski definition) is 1. The van der Waals surface area contributed by atoms with E-state index in [1.807, 2.05) is 6.07 Å². The molecule has 2 aromatic rings. The van der Waals surface area contributed by atoms with Crippen molar-refractivity contribution in [2.75, 3.05) is 6.54 Å². The average molecular weight is 362 g/mol. The Morgan fingerprint density at radius 2 is 1.93 bits per heavy atom. The maximum absolute atomic E-state index is 13.4. The lowest BCUT2D eigenvalue weighted by Gasteiger charge is -2.17. The predicted octanol–water partition coefficient (Wildman–Crippen LogP) is 2.10. The zero-order valence-electron chi connectivity index (χ0n) is 14.3. The maximum atomic E-state index is 13.4. The van der Waals surface area contributed by atoms with Crippen LogP contribution in [0.3, 0.4) is 0 Å². The van der Waals surface area contributed by atoms with Crippen LogP contribution in [0.4, 0.5) is 4.39 Å². The van der Waals surface area contributed by atoms with E-state index in [0.717, 1.165) is 11.6 Å². The van der Waals surface area contributed by atoms with Gasteiger partial charge in [0.2, 0.25) is 5.91 Å². The summed E-state index contributed by atoms with van der Waals surface area (Å²) in [6.07, 6.45) is 0.465. The molecule has 2 aromatic carbocycles. The third-order valence-corrected chi connectivity index (χ3v) is 4.41. The lowest BCUT2D eigenvalue weighted by atomic mass is 10.1. The van der Waals surface area contributed by atoms with Gasteiger partial charge in [0.15, 0.2) is 0 Å². The normalized spacial score (nSPS) is 15.9. The van der Waals surface area contributed by atoms with Crippen molar-refractivity contribution in [2.45, 2.75) is 19.0 Å². The van der Waals surface area contributed by atoms with Crippen LogP contribution in [0.15, 0.2) is 42.5 Å². The third-order valence-electron chi connectivity index (χ3n) is 4.41. The summed E-state index contributed by atoms with van der Waals surface area (Å²) in [6.45, 7) is 0.892. The monoisotopic (exact) mass is 362 g/mol. The Morgan fingerprint density at radius 1 is 1.19 bits per heavy atom. The molecule has 0 radical (unpaired) electrons. The minimum absolute atomic E-state index is 0.131. The van der Waals surface area contributed by atoms with Crippen LogP contribution in [0, 0.1) is 28.5 Å². The van der Waals surface area contributed by atoms with Crippen LogP contribution in [0.1, 0.15) is 33.5 Å². The van der Waals surface area contributed by atoms with Crippen LogP contribution < -0.4 is 5.32 Å². The molecule has 1 N–H and O–H groups in total. The average Bonchev–Trinajstić information content (AvgIpc) is 3.02. The van der Waals surface area contributed by atoms with Crippen molar-refractivity contribution in [3.05, 3.63) is 70.5 Å². The highest BCUT2D eigenvalue weighted by Crippen LogP contribution is 2.17. The number of rotatable bonds is 4. The SMILES string of the molecule is N#Cc1ccc(CN2CC[C@@H](NC(=O)c3ccc(F)c(C#N)c3)C2=O)cc1. The molecule has 2 amide bonds. The third kappa shape index (κ3) is 3.94. The first kappa shape index (κ1) is 18.1. The molecule has 1 atom stereocenters. The van der Waals surface area contributed by atoms with Crippen molar-refractivity contribution < 1.29 is 14.0 Å². The van der Waals surface area contributed by atoms with Crippen LogP contribution in [0.5, 0.6) is 0 Å². The Hall–Kier alpha value is -3.71. The van der Waals surface area contributed by atoms with Crippen molar-refractivity contribution in [3.63, 3.8) is 0 Å². The highest BCUT2D eigenvalue weighted by Gasteiger charge is 2.32. The van der Waals surface area contributed by atoms with Gasteiger partial charge in [-0.05, 0) is 42.3 Å². The van der Waals surface area contributed by atoms with Gasteiger partial charge in [-0.25, -0.2) is 4.39 Å². The Balaban J connectivity index is 1.63. The van der Waals surface area contributed by atoms with E-state index in [1.165, 1.54) is 12.1 Å².